The molecule has 2 aromatic carbocycles. The van der Waals surface area contributed by atoms with Crippen LogP contribution in [-0.2, 0) is 13.5 Å². The minimum absolute atomic E-state index is 0.275. The Bertz CT molecular complexity index is 1200. The average Bonchev–Trinajstić information content (AvgIpc) is 3.35. The fourth-order valence-electron chi connectivity index (χ4n) is 3.13. The Hall–Kier alpha value is -3.16. The summed E-state index contributed by atoms with van der Waals surface area (Å²) in [6, 6.07) is 15.2. The summed E-state index contributed by atoms with van der Waals surface area (Å²) in [4.78, 5) is 18.3. The highest BCUT2D eigenvalue weighted by atomic mass is 35.5. The number of anilines is 1. The maximum absolute atomic E-state index is 13.0. The fraction of sp³-hybridized carbons (Fsp3) is 0.136. The third kappa shape index (κ3) is 4.22. The number of hydrogen-bond donors (Lipinski definition) is 1. The predicted molar refractivity (Wildman–Crippen MR) is 120 cm³/mol. The first kappa shape index (κ1) is 20.1. The standard InChI is InChI=1S/C22H19ClN4O2S/c1-27-13-17(20(26-27)16-8-4-6-10-19(16)29-2)21(28)25-22-24-12-15(30-22)11-14-7-3-5-9-18(14)23/h3-10,12-13H,11H2,1-2H3,(H,24,25,28). The van der Waals surface area contributed by atoms with Gasteiger partial charge in [-0.05, 0) is 23.8 Å². The summed E-state index contributed by atoms with van der Waals surface area (Å²) in [7, 11) is 3.37. The first-order chi connectivity index (χ1) is 14.5. The first-order valence-corrected chi connectivity index (χ1v) is 10.4. The van der Waals surface area contributed by atoms with Gasteiger partial charge in [-0.25, -0.2) is 4.98 Å². The Kier molecular flexibility index (Phi) is 5.83. The van der Waals surface area contributed by atoms with Gasteiger partial charge in [0.05, 0.1) is 12.7 Å². The topological polar surface area (TPSA) is 69.0 Å². The molecule has 0 bridgehead atoms. The Morgan fingerprint density at radius 3 is 2.77 bits per heavy atom. The molecule has 0 saturated heterocycles. The number of benzene rings is 2. The summed E-state index contributed by atoms with van der Waals surface area (Å²) in [5.41, 5.74) is 2.78. The van der Waals surface area contributed by atoms with Crippen molar-refractivity contribution in [2.45, 2.75) is 6.42 Å². The van der Waals surface area contributed by atoms with E-state index in [0.29, 0.717) is 33.6 Å². The van der Waals surface area contributed by atoms with Crippen molar-refractivity contribution >= 4 is 34.0 Å². The molecule has 0 radical (unpaired) electrons. The van der Waals surface area contributed by atoms with Gasteiger partial charge in [0.1, 0.15) is 11.4 Å². The molecule has 6 nitrogen and oxygen atoms in total. The molecule has 30 heavy (non-hydrogen) atoms. The van der Waals surface area contributed by atoms with E-state index in [1.54, 1.807) is 31.2 Å². The number of rotatable bonds is 6. The smallest absolute Gasteiger partial charge is 0.261 e. The van der Waals surface area contributed by atoms with Gasteiger partial charge in [-0.2, -0.15) is 5.10 Å². The van der Waals surface area contributed by atoms with Gasteiger partial charge in [0, 0.05) is 41.3 Å². The Labute approximate surface area is 183 Å². The van der Waals surface area contributed by atoms with Gasteiger partial charge in [-0.3, -0.25) is 14.8 Å². The largest absolute Gasteiger partial charge is 0.496 e. The number of methoxy groups -OCH3 is 1. The molecule has 0 spiro atoms. The van der Waals surface area contributed by atoms with Crippen molar-refractivity contribution < 1.29 is 9.53 Å². The van der Waals surface area contributed by atoms with Crippen molar-refractivity contribution in [3.05, 3.63) is 82.0 Å². The van der Waals surface area contributed by atoms with E-state index >= 15 is 0 Å². The maximum atomic E-state index is 13.0. The van der Waals surface area contributed by atoms with Crippen LogP contribution in [0, 0.1) is 0 Å². The van der Waals surface area contributed by atoms with Crippen molar-refractivity contribution in [1.82, 2.24) is 14.8 Å². The van der Waals surface area contributed by atoms with Crippen LogP contribution < -0.4 is 10.1 Å². The summed E-state index contributed by atoms with van der Waals surface area (Å²) in [5, 5.41) is 8.59. The third-order valence-electron chi connectivity index (χ3n) is 4.53. The highest BCUT2D eigenvalue weighted by Crippen LogP contribution is 2.32. The molecule has 0 unspecified atom stereocenters. The number of thiazole rings is 1. The van der Waals surface area contributed by atoms with Crippen LogP contribution in [0.25, 0.3) is 11.3 Å². The zero-order valence-corrected chi connectivity index (χ0v) is 18.0. The molecule has 2 heterocycles. The Morgan fingerprint density at radius 1 is 1.20 bits per heavy atom. The second-order valence-corrected chi connectivity index (χ2v) is 8.14. The average molecular weight is 439 g/mol. The zero-order valence-electron chi connectivity index (χ0n) is 16.4. The number of halogens is 1. The molecule has 0 saturated carbocycles. The van der Waals surface area contributed by atoms with Crippen LogP contribution in [0.15, 0.2) is 60.9 Å². The SMILES string of the molecule is COc1ccccc1-c1nn(C)cc1C(=O)Nc1ncc(Cc2ccccc2Cl)s1. The lowest BCUT2D eigenvalue weighted by Crippen LogP contribution is -2.12. The number of aryl methyl sites for hydroxylation is 1. The molecule has 2 aromatic heterocycles. The normalized spacial score (nSPS) is 10.8. The van der Waals surface area contributed by atoms with Gasteiger partial charge in [0.2, 0.25) is 0 Å². The lowest BCUT2D eigenvalue weighted by atomic mass is 10.1. The second kappa shape index (κ2) is 8.69. The summed E-state index contributed by atoms with van der Waals surface area (Å²) >= 11 is 7.66. The van der Waals surface area contributed by atoms with Gasteiger partial charge < -0.3 is 4.74 Å². The molecular formula is C22H19ClN4O2S. The number of nitrogens with one attached hydrogen (secondary N) is 1. The van der Waals surface area contributed by atoms with Crippen LogP contribution in [0.1, 0.15) is 20.8 Å². The van der Waals surface area contributed by atoms with Gasteiger partial charge in [-0.15, -0.1) is 11.3 Å². The van der Waals surface area contributed by atoms with Crippen molar-refractivity contribution in [2.24, 2.45) is 7.05 Å². The van der Waals surface area contributed by atoms with E-state index in [0.717, 1.165) is 16.0 Å². The molecule has 1 N–H and O–H groups in total. The fourth-order valence-corrected chi connectivity index (χ4v) is 4.17. The second-order valence-electron chi connectivity index (χ2n) is 6.62. The highest BCUT2D eigenvalue weighted by Gasteiger charge is 2.20. The molecule has 0 atom stereocenters. The molecule has 0 aliphatic rings. The molecule has 0 aliphatic carbocycles. The number of ether oxygens (including phenoxy) is 1. The lowest BCUT2D eigenvalue weighted by Gasteiger charge is -2.07. The molecule has 4 rings (SSSR count). The van der Waals surface area contributed by atoms with Crippen molar-refractivity contribution in [2.75, 3.05) is 12.4 Å². The van der Waals surface area contributed by atoms with Crippen LogP contribution in [0.4, 0.5) is 5.13 Å². The van der Waals surface area contributed by atoms with Crippen LogP contribution in [0.5, 0.6) is 5.75 Å². The molecular weight excluding hydrogens is 420 g/mol. The third-order valence-corrected chi connectivity index (χ3v) is 5.81. The maximum Gasteiger partial charge on any atom is 0.261 e. The highest BCUT2D eigenvalue weighted by molar-refractivity contribution is 7.15. The van der Waals surface area contributed by atoms with Gasteiger partial charge in [0.15, 0.2) is 5.13 Å². The minimum Gasteiger partial charge on any atom is -0.496 e. The van der Waals surface area contributed by atoms with E-state index in [9.17, 15) is 4.79 Å². The number of para-hydroxylation sites is 1. The van der Waals surface area contributed by atoms with Crippen molar-refractivity contribution in [1.29, 1.82) is 0 Å². The van der Waals surface area contributed by atoms with E-state index in [1.165, 1.54) is 11.3 Å². The molecule has 0 aliphatic heterocycles. The number of nitrogens with zero attached hydrogens (tertiary/aromatic N) is 3. The summed E-state index contributed by atoms with van der Waals surface area (Å²) in [6.45, 7) is 0. The van der Waals surface area contributed by atoms with E-state index in [-0.39, 0.29) is 5.91 Å². The first-order valence-electron chi connectivity index (χ1n) is 9.21. The Morgan fingerprint density at radius 2 is 1.97 bits per heavy atom. The minimum atomic E-state index is -0.275. The number of carbonyl (C=O) groups is 1. The number of hydrogen-bond acceptors (Lipinski definition) is 5. The van der Waals surface area contributed by atoms with Crippen molar-refractivity contribution in [3.63, 3.8) is 0 Å². The van der Waals surface area contributed by atoms with Crippen molar-refractivity contribution in [3.8, 4) is 17.0 Å². The lowest BCUT2D eigenvalue weighted by molar-refractivity contribution is 0.102. The van der Waals surface area contributed by atoms with Gasteiger partial charge in [0.25, 0.3) is 5.91 Å². The molecule has 1 amide bonds. The van der Waals surface area contributed by atoms with E-state index in [4.69, 9.17) is 16.3 Å². The van der Waals surface area contributed by atoms with E-state index in [2.05, 4.69) is 15.4 Å². The summed E-state index contributed by atoms with van der Waals surface area (Å²) in [6.07, 6.45) is 4.11. The molecule has 0 fully saturated rings. The van der Waals surface area contributed by atoms with E-state index in [1.807, 2.05) is 48.5 Å². The summed E-state index contributed by atoms with van der Waals surface area (Å²) < 4.78 is 7.04. The molecule has 152 valence electrons. The quantitative estimate of drug-likeness (QED) is 0.457. The number of carbonyl (C=O) groups excluding carboxylic acids is 1. The van der Waals surface area contributed by atoms with Gasteiger partial charge >= 0.3 is 0 Å². The zero-order chi connectivity index (χ0) is 21.1. The molecule has 8 heteroatoms. The number of amides is 1. The predicted octanol–water partition coefficient (Wildman–Crippen LogP) is 5.05. The van der Waals surface area contributed by atoms with E-state index < -0.39 is 0 Å². The monoisotopic (exact) mass is 438 g/mol. The van der Waals surface area contributed by atoms with Crippen LogP contribution in [0.3, 0.4) is 0 Å². The van der Waals surface area contributed by atoms with Gasteiger partial charge in [-0.1, -0.05) is 41.9 Å². The van der Waals surface area contributed by atoms with Crippen LogP contribution in [-0.4, -0.2) is 27.8 Å². The number of aromatic nitrogens is 3. The molecule has 4 aromatic rings. The van der Waals surface area contributed by atoms with Crippen LogP contribution in [0.2, 0.25) is 5.02 Å². The summed E-state index contributed by atoms with van der Waals surface area (Å²) in [5.74, 6) is 0.379. The van der Waals surface area contributed by atoms with Crippen LogP contribution >= 0.6 is 22.9 Å². The Balaban J connectivity index is 1.56.